The van der Waals surface area contributed by atoms with Gasteiger partial charge in [-0.05, 0) is 115 Å². The number of hydrogen-bond donors (Lipinski definition) is 0. The number of carbonyl (C=O) groups excluding carboxylic acids is 1. The summed E-state index contributed by atoms with van der Waals surface area (Å²) in [6.07, 6.45) is -4.22. The Morgan fingerprint density at radius 2 is 1.50 bits per heavy atom. The van der Waals surface area contributed by atoms with Crippen LogP contribution >= 0.6 is 0 Å². The van der Waals surface area contributed by atoms with Gasteiger partial charge in [0.25, 0.3) is 0 Å². The summed E-state index contributed by atoms with van der Waals surface area (Å²) >= 11 is 0. The summed E-state index contributed by atoms with van der Waals surface area (Å²) in [6.45, 7) is 9.92. The molecule has 5 atom stereocenters. The molecule has 0 spiro atoms. The topological polar surface area (TPSA) is 109 Å². The fourth-order valence-electron chi connectivity index (χ4n) is 10.3. The van der Waals surface area contributed by atoms with E-state index in [1.54, 1.807) is 65.3 Å². The maximum atomic E-state index is 18.0. The fraction of sp³-hybridized carbons (Fsp3) is 0.480. The van der Waals surface area contributed by atoms with E-state index in [0.29, 0.717) is 60.9 Å². The minimum Gasteiger partial charge on any atom is -0.497 e. The second-order valence-electron chi connectivity index (χ2n) is 19.5. The van der Waals surface area contributed by atoms with Crippen LogP contribution in [0.4, 0.5) is 44.2 Å². The van der Waals surface area contributed by atoms with Crippen LogP contribution in [0.25, 0.3) is 22.2 Å². The molecule has 2 aromatic heterocycles. The van der Waals surface area contributed by atoms with Gasteiger partial charge in [0.1, 0.15) is 51.4 Å². The van der Waals surface area contributed by atoms with Gasteiger partial charge in [0, 0.05) is 44.3 Å². The second-order valence-corrected chi connectivity index (χ2v) is 19.5. The van der Waals surface area contributed by atoms with Crippen LogP contribution in [0.3, 0.4) is 0 Å². The largest absolute Gasteiger partial charge is 0.497 e. The highest BCUT2D eigenvalue weighted by molar-refractivity contribution is 5.98. The molecule has 6 heterocycles. The van der Waals surface area contributed by atoms with Crippen LogP contribution in [0.15, 0.2) is 54.6 Å². The zero-order valence-corrected chi connectivity index (χ0v) is 39.7. The van der Waals surface area contributed by atoms with Gasteiger partial charge in [0.05, 0.1) is 43.6 Å². The normalized spacial score (nSPS) is 21.0. The molecule has 0 N–H and O–H groups in total. The van der Waals surface area contributed by atoms with Gasteiger partial charge in [0.15, 0.2) is 5.82 Å². The first-order valence-electron chi connectivity index (χ1n) is 22.9. The molecule has 0 radical (unpaired) electrons. The first-order chi connectivity index (χ1) is 32.2. The molecular weight excluding hydrogens is 888 g/mol. The third-order valence-electron chi connectivity index (χ3n) is 13.5. The number of rotatable bonds is 11. The van der Waals surface area contributed by atoms with Crippen molar-refractivity contribution in [2.24, 2.45) is 0 Å². The highest BCUT2D eigenvalue weighted by Crippen LogP contribution is 2.50. The monoisotopic (exact) mass is 944 g/mol. The molecule has 4 aliphatic rings. The molecule has 4 aliphatic heterocycles. The van der Waals surface area contributed by atoms with Gasteiger partial charge in [-0.1, -0.05) is 24.3 Å². The van der Waals surface area contributed by atoms with Gasteiger partial charge in [-0.2, -0.15) is 18.2 Å². The Kier molecular flexibility index (Phi) is 12.2. The van der Waals surface area contributed by atoms with E-state index in [-0.39, 0.29) is 53.6 Å². The molecule has 0 unspecified atom stereocenters. The van der Waals surface area contributed by atoms with E-state index in [9.17, 15) is 4.79 Å². The standard InChI is InChI=1S/C50H57F5N8O5/c1-27-39(50(53,54)55)35(22-37(40(27)51)60(23-29-10-15-33(65-8)16-11-29)24-30-12-17-34(66-9)18-13-30)42-41(52)43-38-45(58-47(57-43)61-21-20-31(61)25-59(6)7)62-26-32-14-19-36(44(62)28(2)67-46(38)56-42)63(32)48(64)68-49(3,4)5/h10-13,15-18,22,28,31-32,36,44H,14,19-21,23-26H2,1-9H3/t28-,31-,32+,36-,44+/m0/s1. The molecule has 5 aromatic rings. The number of alkyl halides is 3. The molecule has 0 saturated carbocycles. The minimum atomic E-state index is -5.15. The average Bonchev–Trinajstić information content (AvgIpc) is 3.52. The zero-order valence-electron chi connectivity index (χ0n) is 39.7. The zero-order chi connectivity index (χ0) is 48.6. The molecule has 9 rings (SSSR count). The molecule has 3 saturated heterocycles. The van der Waals surface area contributed by atoms with Crippen molar-refractivity contribution in [1.82, 2.24) is 24.8 Å². The van der Waals surface area contributed by atoms with E-state index in [2.05, 4.69) is 4.98 Å². The van der Waals surface area contributed by atoms with E-state index < -0.39 is 70.1 Å². The van der Waals surface area contributed by atoms with Crippen LogP contribution in [-0.4, -0.2) is 115 Å². The van der Waals surface area contributed by atoms with Crippen molar-refractivity contribution in [3.05, 3.63) is 88.5 Å². The Balaban J connectivity index is 1.24. The molecule has 68 heavy (non-hydrogen) atoms. The maximum absolute atomic E-state index is 18.0. The van der Waals surface area contributed by atoms with Crippen LogP contribution in [0.5, 0.6) is 17.4 Å². The van der Waals surface area contributed by atoms with Gasteiger partial charge < -0.3 is 38.5 Å². The van der Waals surface area contributed by atoms with Gasteiger partial charge in [-0.3, -0.25) is 4.90 Å². The number of amides is 1. The van der Waals surface area contributed by atoms with Crippen molar-refractivity contribution in [3.63, 3.8) is 0 Å². The number of carbonyl (C=O) groups is 1. The Bertz CT molecular complexity index is 2670. The lowest BCUT2D eigenvalue weighted by Crippen LogP contribution is -2.65. The third kappa shape index (κ3) is 8.64. The summed E-state index contributed by atoms with van der Waals surface area (Å²) in [5.41, 5.74) is -3.30. The Labute approximate surface area is 392 Å². The molecule has 3 fully saturated rings. The lowest BCUT2D eigenvalue weighted by atomic mass is 9.95. The molecule has 362 valence electrons. The van der Waals surface area contributed by atoms with Crippen LogP contribution in [-0.2, 0) is 24.0 Å². The number of benzene rings is 3. The summed E-state index contributed by atoms with van der Waals surface area (Å²) in [5.74, 6) is -0.721. The van der Waals surface area contributed by atoms with Crippen molar-refractivity contribution < 1.29 is 45.7 Å². The van der Waals surface area contributed by atoms with Crippen LogP contribution in [0.1, 0.15) is 69.2 Å². The summed E-state index contributed by atoms with van der Waals surface area (Å²) in [6, 6.07) is 13.9. The highest BCUT2D eigenvalue weighted by Gasteiger charge is 2.54. The minimum absolute atomic E-state index is 0.0167. The van der Waals surface area contributed by atoms with Crippen LogP contribution in [0.2, 0.25) is 0 Å². The van der Waals surface area contributed by atoms with Gasteiger partial charge in [-0.25, -0.2) is 23.5 Å². The van der Waals surface area contributed by atoms with Crippen molar-refractivity contribution in [3.8, 4) is 28.6 Å². The number of nitrogens with zero attached hydrogens (tertiary/aromatic N) is 8. The van der Waals surface area contributed by atoms with Gasteiger partial charge >= 0.3 is 12.3 Å². The number of halogens is 5. The SMILES string of the molecule is COc1ccc(CN(Cc2ccc(OC)cc2)c2cc(-c3nc4c5c(nc(N6CC[C@H]6CN(C)C)nc5c3F)N3C[C@H]5CC[C@@H]([C@H]3[C@H](C)O4)N5C(=O)OC(C)(C)C)c(C(F)(F)F)c(C)c2F)cc1. The number of hydrogen-bond acceptors (Lipinski definition) is 12. The Morgan fingerprint density at radius 3 is 2.04 bits per heavy atom. The number of piperazine rings is 1. The smallest absolute Gasteiger partial charge is 0.417 e. The molecule has 18 heteroatoms. The summed E-state index contributed by atoms with van der Waals surface area (Å²) in [5, 5.41) is 0.104. The fourth-order valence-corrected chi connectivity index (χ4v) is 10.3. The molecular formula is C50H57F5N8O5. The van der Waals surface area contributed by atoms with Crippen molar-refractivity contribution >= 4 is 34.4 Å². The number of likely N-dealkylation sites (N-methyl/N-ethyl adjacent to an activating group) is 1. The number of methoxy groups -OCH3 is 2. The van der Waals surface area contributed by atoms with Crippen molar-refractivity contribution in [1.29, 1.82) is 0 Å². The number of fused-ring (bicyclic) bond motifs is 5. The quantitative estimate of drug-likeness (QED) is 0.118. The second kappa shape index (κ2) is 17.7. The Morgan fingerprint density at radius 1 is 0.868 bits per heavy atom. The summed E-state index contributed by atoms with van der Waals surface area (Å²) in [4.78, 5) is 37.8. The Hall–Kier alpha value is -6.17. The van der Waals surface area contributed by atoms with Crippen molar-refractivity contribution in [2.45, 2.75) is 109 Å². The lowest BCUT2D eigenvalue weighted by molar-refractivity contribution is -0.137. The molecule has 1 amide bonds. The van der Waals surface area contributed by atoms with Crippen LogP contribution < -0.4 is 28.9 Å². The number of aromatic nitrogens is 3. The molecule has 2 bridgehead atoms. The van der Waals surface area contributed by atoms with Crippen LogP contribution in [0, 0.1) is 18.6 Å². The number of ether oxygens (including phenoxy) is 4. The van der Waals surface area contributed by atoms with Crippen molar-refractivity contribution in [2.75, 3.05) is 62.6 Å². The lowest BCUT2D eigenvalue weighted by Gasteiger charge is -2.48. The first kappa shape index (κ1) is 46.9. The maximum Gasteiger partial charge on any atom is 0.417 e. The van der Waals surface area contributed by atoms with Gasteiger partial charge in [0.2, 0.25) is 11.8 Å². The van der Waals surface area contributed by atoms with E-state index >= 15 is 22.0 Å². The van der Waals surface area contributed by atoms with E-state index in [1.165, 1.54) is 14.2 Å². The van der Waals surface area contributed by atoms with E-state index in [1.807, 2.05) is 49.6 Å². The number of anilines is 3. The predicted octanol–water partition coefficient (Wildman–Crippen LogP) is 9.40. The molecule has 0 aliphatic carbocycles. The van der Waals surface area contributed by atoms with E-state index in [0.717, 1.165) is 19.4 Å². The summed E-state index contributed by atoms with van der Waals surface area (Å²) in [7, 11) is 6.96. The predicted molar refractivity (Wildman–Crippen MR) is 249 cm³/mol. The number of pyridine rings is 1. The molecule has 13 nitrogen and oxygen atoms in total. The highest BCUT2D eigenvalue weighted by atomic mass is 19.4. The first-order valence-corrected chi connectivity index (χ1v) is 22.9. The third-order valence-corrected chi connectivity index (χ3v) is 13.5. The van der Waals surface area contributed by atoms with E-state index in [4.69, 9.17) is 28.9 Å². The van der Waals surface area contributed by atoms with Gasteiger partial charge in [-0.15, -0.1) is 0 Å². The molecule has 3 aromatic carbocycles. The average molecular weight is 945 g/mol. The summed E-state index contributed by atoms with van der Waals surface area (Å²) < 4.78 is 105.